The minimum atomic E-state index is -1.07. The number of halogens is 2. The van der Waals surface area contributed by atoms with Gasteiger partial charge in [-0.15, -0.1) is 0 Å². The van der Waals surface area contributed by atoms with Crippen LogP contribution in [0.3, 0.4) is 0 Å². The summed E-state index contributed by atoms with van der Waals surface area (Å²) >= 11 is 11.8. The van der Waals surface area contributed by atoms with Crippen LogP contribution < -0.4 is 16.4 Å². The van der Waals surface area contributed by atoms with E-state index in [0.29, 0.717) is 21.4 Å². The molecule has 0 spiro atoms. The Labute approximate surface area is 159 Å². The molecule has 9 heteroatoms. The molecule has 26 heavy (non-hydrogen) atoms. The fourth-order valence-corrected chi connectivity index (χ4v) is 2.28. The summed E-state index contributed by atoms with van der Waals surface area (Å²) in [5, 5.41) is 5.62. The topological polar surface area (TPSA) is 111 Å². The van der Waals surface area contributed by atoms with E-state index < -0.39 is 24.0 Å². The molecular formula is C17H15Cl2N3O4. The first kappa shape index (κ1) is 19.6. The number of carbonyl (C=O) groups excluding carboxylic acids is 3. The number of ether oxygens (including phenoxy) is 1. The van der Waals surface area contributed by atoms with E-state index in [2.05, 4.69) is 10.6 Å². The van der Waals surface area contributed by atoms with Gasteiger partial charge in [-0.25, -0.2) is 9.59 Å². The van der Waals surface area contributed by atoms with Crippen molar-refractivity contribution < 1.29 is 19.1 Å². The van der Waals surface area contributed by atoms with Crippen molar-refractivity contribution in [1.29, 1.82) is 0 Å². The first-order chi connectivity index (χ1) is 12.3. The highest BCUT2D eigenvalue weighted by Gasteiger charge is 2.20. The number of esters is 1. The molecule has 0 aliphatic rings. The van der Waals surface area contributed by atoms with Gasteiger partial charge in [0.25, 0.3) is 5.91 Å². The van der Waals surface area contributed by atoms with Gasteiger partial charge in [0.05, 0.1) is 16.3 Å². The summed E-state index contributed by atoms with van der Waals surface area (Å²) in [4.78, 5) is 35.0. The Morgan fingerprint density at radius 1 is 1.04 bits per heavy atom. The number of hydrogen-bond acceptors (Lipinski definition) is 4. The molecule has 2 aromatic carbocycles. The van der Waals surface area contributed by atoms with Gasteiger partial charge in [-0.05, 0) is 49.4 Å². The van der Waals surface area contributed by atoms with Crippen molar-refractivity contribution in [3.8, 4) is 0 Å². The summed E-state index contributed by atoms with van der Waals surface area (Å²) in [6.07, 6.45) is -1.07. The summed E-state index contributed by atoms with van der Waals surface area (Å²) in [6.45, 7) is 1.43. The fourth-order valence-electron chi connectivity index (χ4n) is 1.94. The Kier molecular flexibility index (Phi) is 6.43. The number of amides is 3. The molecular weight excluding hydrogens is 381 g/mol. The second-order valence-electron chi connectivity index (χ2n) is 5.23. The molecule has 7 nitrogen and oxygen atoms in total. The average molecular weight is 396 g/mol. The monoisotopic (exact) mass is 395 g/mol. The van der Waals surface area contributed by atoms with Crippen LogP contribution in [0.1, 0.15) is 17.3 Å². The van der Waals surface area contributed by atoms with Crippen LogP contribution in [0.25, 0.3) is 0 Å². The number of hydrogen-bond donors (Lipinski definition) is 3. The molecule has 0 fully saturated rings. The molecule has 1 atom stereocenters. The van der Waals surface area contributed by atoms with Crippen LogP contribution in [0.15, 0.2) is 42.5 Å². The largest absolute Gasteiger partial charge is 0.449 e. The summed E-state index contributed by atoms with van der Waals surface area (Å²) in [7, 11) is 0. The number of benzene rings is 2. The summed E-state index contributed by atoms with van der Waals surface area (Å²) in [5.41, 5.74) is 5.95. The van der Waals surface area contributed by atoms with Gasteiger partial charge >= 0.3 is 12.0 Å². The summed E-state index contributed by atoms with van der Waals surface area (Å²) in [6, 6.07) is 9.73. The molecule has 4 N–H and O–H groups in total. The molecule has 0 unspecified atom stereocenters. The molecule has 0 bridgehead atoms. The lowest BCUT2D eigenvalue weighted by atomic mass is 10.2. The standard InChI is InChI=1S/C17H15Cl2N3O4/c1-9(15(23)22-14-8-11(18)4-7-13(14)19)26-16(24)10-2-5-12(6-3-10)21-17(20)25/h2-9H,1H3,(H,22,23)(H3,20,21,25)/t9-/m1/s1. The van der Waals surface area contributed by atoms with Crippen molar-refractivity contribution in [1.82, 2.24) is 0 Å². The van der Waals surface area contributed by atoms with E-state index in [1.165, 1.54) is 43.3 Å². The third-order valence-corrected chi connectivity index (χ3v) is 3.79. The van der Waals surface area contributed by atoms with Gasteiger partial charge in [0, 0.05) is 10.7 Å². The van der Waals surface area contributed by atoms with E-state index in [-0.39, 0.29) is 5.56 Å². The fraction of sp³-hybridized carbons (Fsp3) is 0.118. The minimum Gasteiger partial charge on any atom is -0.449 e. The first-order valence-electron chi connectivity index (χ1n) is 7.39. The molecule has 0 saturated carbocycles. The Morgan fingerprint density at radius 2 is 1.69 bits per heavy atom. The Morgan fingerprint density at radius 3 is 2.31 bits per heavy atom. The van der Waals surface area contributed by atoms with Crippen molar-refractivity contribution in [2.75, 3.05) is 10.6 Å². The van der Waals surface area contributed by atoms with Crippen LogP contribution in [-0.2, 0) is 9.53 Å². The zero-order chi connectivity index (χ0) is 19.3. The quantitative estimate of drug-likeness (QED) is 0.670. The number of anilines is 2. The number of rotatable bonds is 5. The molecule has 0 aliphatic heterocycles. The van der Waals surface area contributed by atoms with Crippen LogP contribution in [-0.4, -0.2) is 24.0 Å². The molecule has 3 amide bonds. The van der Waals surface area contributed by atoms with E-state index in [1.807, 2.05) is 0 Å². The van der Waals surface area contributed by atoms with Gasteiger partial charge in [-0.1, -0.05) is 23.2 Å². The van der Waals surface area contributed by atoms with E-state index in [1.54, 1.807) is 6.07 Å². The van der Waals surface area contributed by atoms with E-state index in [4.69, 9.17) is 33.7 Å². The number of carbonyl (C=O) groups is 3. The lowest BCUT2D eigenvalue weighted by molar-refractivity contribution is -0.123. The molecule has 0 heterocycles. The first-order valence-corrected chi connectivity index (χ1v) is 8.15. The summed E-state index contributed by atoms with van der Waals surface area (Å²) < 4.78 is 5.12. The maximum absolute atomic E-state index is 12.2. The van der Waals surface area contributed by atoms with E-state index in [0.717, 1.165) is 0 Å². The maximum atomic E-state index is 12.2. The van der Waals surface area contributed by atoms with Crippen LogP contribution in [0.4, 0.5) is 16.2 Å². The van der Waals surface area contributed by atoms with Crippen LogP contribution in [0, 0.1) is 0 Å². The highest BCUT2D eigenvalue weighted by atomic mass is 35.5. The van der Waals surface area contributed by atoms with Gasteiger partial charge in [0.1, 0.15) is 0 Å². The van der Waals surface area contributed by atoms with Crippen LogP contribution >= 0.6 is 23.2 Å². The van der Waals surface area contributed by atoms with Crippen molar-refractivity contribution >= 4 is 52.5 Å². The second-order valence-corrected chi connectivity index (χ2v) is 6.07. The Hall–Kier alpha value is -2.77. The van der Waals surface area contributed by atoms with Crippen molar-refractivity contribution in [3.05, 3.63) is 58.1 Å². The number of nitrogens with one attached hydrogen (secondary N) is 2. The van der Waals surface area contributed by atoms with Crippen molar-refractivity contribution in [3.63, 3.8) is 0 Å². The molecule has 0 aliphatic carbocycles. The Bertz CT molecular complexity index is 840. The summed E-state index contributed by atoms with van der Waals surface area (Å²) in [5.74, 6) is -1.26. The maximum Gasteiger partial charge on any atom is 0.338 e. The number of primary amides is 1. The molecule has 0 radical (unpaired) electrons. The number of urea groups is 1. The predicted octanol–water partition coefficient (Wildman–Crippen LogP) is 3.67. The van der Waals surface area contributed by atoms with Gasteiger partial charge in [0.15, 0.2) is 6.10 Å². The van der Waals surface area contributed by atoms with Crippen LogP contribution in [0.5, 0.6) is 0 Å². The average Bonchev–Trinajstić information content (AvgIpc) is 2.58. The highest BCUT2D eigenvalue weighted by Crippen LogP contribution is 2.25. The van der Waals surface area contributed by atoms with Gasteiger partial charge < -0.3 is 21.1 Å². The zero-order valence-corrected chi connectivity index (χ0v) is 15.1. The van der Waals surface area contributed by atoms with E-state index in [9.17, 15) is 14.4 Å². The third kappa shape index (κ3) is 5.37. The zero-order valence-electron chi connectivity index (χ0n) is 13.6. The Balaban J connectivity index is 1.98. The lowest BCUT2D eigenvalue weighted by Gasteiger charge is -2.14. The van der Waals surface area contributed by atoms with E-state index >= 15 is 0 Å². The minimum absolute atomic E-state index is 0.209. The van der Waals surface area contributed by atoms with Crippen molar-refractivity contribution in [2.24, 2.45) is 5.73 Å². The molecule has 0 saturated heterocycles. The molecule has 136 valence electrons. The SMILES string of the molecule is C[C@@H](OC(=O)c1ccc(NC(N)=O)cc1)C(=O)Nc1cc(Cl)ccc1Cl. The third-order valence-electron chi connectivity index (χ3n) is 3.23. The van der Waals surface area contributed by atoms with Crippen molar-refractivity contribution in [2.45, 2.75) is 13.0 Å². The predicted molar refractivity (Wildman–Crippen MR) is 99.6 cm³/mol. The van der Waals surface area contributed by atoms with Gasteiger partial charge in [-0.3, -0.25) is 4.79 Å². The normalized spacial score (nSPS) is 11.3. The molecule has 2 aromatic rings. The molecule has 0 aromatic heterocycles. The molecule has 2 rings (SSSR count). The second kappa shape index (κ2) is 8.55. The highest BCUT2D eigenvalue weighted by molar-refractivity contribution is 6.35. The van der Waals surface area contributed by atoms with Gasteiger partial charge in [0.2, 0.25) is 0 Å². The lowest BCUT2D eigenvalue weighted by Crippen LogP contribution is -2.30. The smallest absolute Gasteiger partial charge is 0.338 e. The number of nitrogens with two attached hydrogens (primary N) is 1. The van der Waals surface area contributed by atoms with Gasteiger partial charge in [-0.2, -0.15) is 0 Å². The van der Waals surface area contributed by atoms with Crippen LogP contribution in [0.2, 0.25) is 10.0 Å².